The fraction of sp³-hybridized carbons (Fsp3) is 0.552. The average Bonchev–Trinajstić information content (AvgIpc) is 3.68. The molecular weight excluding hydrogens is 666 g/mol. The molecule has 5 heterocycles. The van der Waals surface area contributed by atoms with Crippen molar-refractivity contribution in [3.8, 4) is 0 Å². The summed E-state index contributed by atoms with van der Waals surface area (Å²) in [5, 5.41) is 6.72. The highest BCUT2D eigenvalue weighted by Gasteiger charge is 2.40. The van der Waals surface area contributed by atoms with E-state index in [0.29, 0.717) is 29.9 Å². The zero-order valence-electron chi connectivity index (χ0n) is 26.5. The van der Waals surface area contributed by atoms with Crippen molar-refractivity contribution in [3.05, 3.63) is 64.1 Å². The predicted molar refractivity (Wildman–Crippen MR) is 164 cm³/mol. The lowest BCUT2D eigenvalue weighted by Crippen LogP contribution is -2.49. The molecule has 2 atom stereocenters. The molecular formula is C29H36F6N8O4Si. The van der Waals surface area contributed by atoms with Gasteiger partial charge >= 0.3 is 12.4 Å². The molecule has 12 nitrogen and oxygen atoms in total. The third-order valence-corrected chi connectivity index (χ3v) is 9.79. The van der Waals surface area contributed by atoms with E-state index in [0.717, 1.165) is 24.6 Å². The molecule has 0 spiro atoms. The molecule has 2 aliphatic rings. The van der Waals surface area contributed by atoms with Crippen LogP contribution in [-0.4, -0.2) is 95.2 Å². The Morgan fingerprint density at radius 1 is 1.02 bits per heavy atom. The topological polar surface area (TPSA) is 120 Å². The maximum Gasteiger partial charge on any atom is 0.423 e. The highest BCUT2D eigenvalue weighted by atomic mass is 28.3. The van der Waals surface area contributed by atoms with Crippen molar-refractivity contribution >= 4 is 25.6 Å². The molecule has 19 heteroatoms. The number of amides is 1. The highest BCUT2D eigenvalue weighted by Crippen LogP contribution is 2.34. The summed E-state index contributed by atoms with van der Waals surface area (Å²) in [6.45, 7) is 7.63. The van der Waals surface area contributed by atoms with E-state index in [9.17, 15) is 35.9 Å². The number of hydrogen-bond donors (Lipinski definition) is 1. The number of halogens is 6. The number of rotatable bonds is 10. The molecule has 0 radical (unpaired) electrons. The summed E-state index contributed by atoms with van der Waals surface area (Å²) >= 11 is 0. The Hall–Kier alpha value is -3.97. The quantitative estimate of drug-likeness (QED) is 0.188. The Bertz CT molecular complexity index is 1630. The third kappa shape index (κ3) is 8.35. The van der Waals surface area contributed by atoms with Gasteiger partial charge in [-0.2, -0.15) is 31.4 Å². The minimum atomic E-state index is -4.97. The second-order valence-corrected chi connectivity index (χ2v) is 18.5. The molecule has 2 saturated heterocycles. The Morgan fingerprint density at radius 3 is 2.33 bits per heavy atom. The predicted octanol–water partition coefficient (Wildman–Crippen LogP) is 4.20. The summed E-state index contributed by atoms with van der Waals surface area (Å²) in [5.41, 5.74) is -3.80. The van der Waals surface area contributed by atoms with Crippen molar-refractivity contribution < 1.29 is 40.6 Å². The van der Waals surface area contributed by atoms with Crippen LogP contribution in [0, 0.1) is 0 Å². The zero-order chi connectivity index (χ0) is 34.9. The van der Waals surface area contributed by atoms with Crippen molar-refractivity contribution in [1.82, 2.24) is 29.2 Å². The van der Waals surface area contributed by atoms with E-state index in [-0.39, 0.29) is 38.2 Å². The van der Waals surface area contributed by atoms with Crippen LogP contribution in [0.2, 0.25) is 25.7 Å². The number of carbonyl (C=O) groups excluding carboxylic acids is 1. The molecule has 0 aromatic carbocycles. The molecule has 48 heavy (non-hydrogen) atoms. The van der Waals surface area contributed by atoms with Gasteiger partial charge in [0.25, 0.3) is 11.5 Å². The number of piperazine rings is 1. The van der Waals surface area contributed by atoms with Gasteiger partial charge in [-0.1, -0.05) is 19.6 Å². The highest BCUT2D eigenvalue weighted by molar-refractivity contribution is 6.76. The molecule has 0 saturated carbocycles. The fourth-order valence-corrected chi connectivity index (χ4v) is 6.09. The lowest BCUT2D eigenvalue weighted by atomic mass is 10.1. The van der Waals surface area contributed by atoms with Crippen molar-refractivity contribution in [2.75, 3.05) is 56.2 Å². The number of nitrogens with one attached hydrogen (secondary N) is 1. The van der Waals surface area contributed by atoms with E-state index in [4.69, 9.17) is 9.47 Å². The first-order valence-corrected chi connectivity index (χ1v) is 18.9. The fourth-order valence-electron chi connectivity index (χ4n) is 5.34. The summed E-state index contributed by atoms with van der Waals surface area (Å²) in [6, 6.07) is 1.18. The number of ether oxygens (including phenoxy) is 2. The molecule has 0 bridgehead atoms. The molecule has 1 amide bonds. The summed E-state index contributed by atoms with van der Waals surface area (Å²) in [5.74, 6) is -0.155. The first-order valence-electron chi connectivity index (χ1n) is 15.2. The monoisotopic (exact) mass is 702 g/mol. The van der Waals surface area contributed by atoms with E-state index in [1.165, 1.54) is 0 Å². The van der Waals surface area contributed by atoms with Crippen molar-refractivity contribution in [3.63, 3.8) is 0 Å². The largest absolute Gasteiger partial charge is 0.423 e. The third-order valence-electron chi connectivity index (χ3n) is 8.09. The number of nitrogens with zero attached hydrogens (tertiary/aromatic N) is 7. The van der Waals surface area contributed by atoms with Crippen LogP contribution in [0.15, 0.2) is 41.8 Å². The van der Waals surface area contributed by atoms with Gasteiger partial charge in [0, 0.05) is 65.6 Å². The minimum absolute atomic E-state index is 0.0420. The molecule has 2 aliphatic heterocycles. The second kappa shape index (κ2) is 13.9. The van der Waals surface area contributed by atoms with Gasteiger partial charge in [0.1, 0.15) is 12.3 Å². The van der Waals surface area contributed by atoms with E-state index in [2.05, 4.69) is 40.0 Å². The van der Waals surface area contributed by atoms with E-state index in [1.54, 1.807) is 32.8 Å². The van der Waals surface area contributed by atoms with Crippen LogP contribution in [0.5, 0.6) is 0 Å². The molecule has 0 aliphatic carbocycles. The Kier molecular flexibility index (Phi) is 10.2. The molecule has 3 aromatic heterocycles. The van der Waals surface area contributed by atoms with Crippen LogP contribution in [0.4, 0.5) is 38.0 Å². The Labute approximate surface area is 272 Å². The summed E-state index contributed by atoms with van der Waals surface area (Å²) in [6.07, 6.45) is -3.90. The molecule has 2 unspecified atom stereocenters. The van der Waals surface area contributed by atoms with Crippen molar-refractivity contribution in [2.45, 2.75) is 56.9 Å². The maximum absolute atomic E-state index is 14.1. The molecule has 262 valence electrons. The SMILES string of the molecule is C[Si](C)(C)CCOCn1ncc(NC2COCC2n2ccc(C(=O)N3CCN(c4ncc(C(F)(F)F)cn4)CC3)c2)c(C(F)(F)F)c1=O. The van der Waals surface area contributed by atoms with Gasteiger partial charge in [-0.15, -0.1) is 0 Å². The first-order chi connectivity index (χ1) is 22.5. The van der Waals surface area contributed by atoms with Crippen molar-refractivity contribution in [2.24, 2.45) is 0 Å². The average molecular weight is 703 g/mol. The number of anilines is 2. The smallest absolute Gasteiger partial charge is 0.377 e. The summed E-state index contributed by atoms with van der Waals surface area (Å²) in [7, 11) is -1.44. The van der Waals surface area contributed by atoms with E-state index < -0.39 is 61.6 Å². The molecule has 2 fully saturated rings. The van der Waals surface area contributed by atoms with Crippen LogP contribution in [-0.2, 0) is 28.6 Å². The van der Waals surface area contributed by atoms with Crippen LogP contribution >= 0.6 is 0 Å². The van der Waals surface area contributed by atoms with Crippen LogP contribution < -0.4 is 15.8 Å². The van der Waals surface area contributed by atoms with Gasteiger partial charge in [0.05, 0.1) is 48.3 Å². The van der Waals surface area contributed by atoms with Gasteiger partial charge in [0.2, 0.25) is 5.95 Å². The van der Waals surface area contributed by atoms with Gasteiger partial charge in [-0.3, -0.25) is 9.59 Å². The Morgan fingerprint density at radius 2 is 1.71 bits per heavy atom. The molecule has 1 N–H and O–H groups in total. The van der Waals surface area contributed by atoms with Gasteiger partial charge in [-0.25, -0.2) is 14.6 Å². The lowest BCUT2D eigenvalue weighted by Gasteiger charge is -2.34. The van der Waals surface area contributed by atoms with Gasteiger partial charge in [0.15, 0.2) is 0 Å². The number of hydrogen-bond acceptors (Lipinski definition) is 9. The van der Waals surface area contributed by atoms with Gasteiger partial charge in [-0.05, 0) is 12.1 Å². The summed E-state index contributed by atoms with van der Waals surface area (Å²) < 4.78 is 94.2. The normalized spacial score (nSPS) is 19.2. The second-order valence-electron chi connectivity index (χ2n) is 12.8. The zero-order valence-corrected chi connectivity index (χ0v) is 27.5. The first kappa shape index (κ1) is 35.3. The standard InChI is InChI=1S/C29H36F6N8O4Si/c1-48(2,3)11-10-46-18-43-26(45)24(29(33,34)35)21(14-38-43)39-22-16-47-17-23(22)42-5-4-19(15-42)25(44)40-6-8-41(9-7-40)27-36-12-20(13-37-27)28(30,31)32/h4-5,12-15,22-23,39H,6-11,16-18H2,1-3H3. The van der Waals surface area contributed by atoms with E-state index in [1.807, 2.05) is 0 Å². The van der Waals surface area contributed by atoms with E-state index >= 15 is 0 Å². The van der Waals surface area contributed by atoms with Gasteiger partial charge < -0.3 is 29.2 Å². The number of carbonyl (C=O) groups is 1. The lowest BCUT2D eigenvalue weighted by molar-refractivity contribution is -0.139. The number of alkyl halides is 6. The Balaban J connectivity index is 1.22. The summed E-state index contributed by atoms with van der Waals surface area (Å²) in [4.78, 5) is 37.1. The van der Waals surface area contributed by atoms with Crippen LogP contribution in [0.1, 0.15) is 27.5 Å². The van der Waals surface area contributed by atoms with Crippen LogP contribution in [0.25, 0.3) is 0 Å². The molecule has 3 aromatic rings. The van der Waals surface area contributed by atoms with Crippen molar-refractivity contribution in [1.29, 1.82) is 0 Å². The molecule has 5 rings (SSSR count). The number of aromatic nitrogens is 5. The maximum atomic E-state index is 14.1. The van der Waals surface area contributed by atoms with Crippen LogP contribution in [0.3, 0.4) is 0 Å². The minimum Gasteiger partial charge on any atom is -0.377 e.